The molecule has 0 saturated heterocycles. The molecular formula is C16H34N2O2. The van der Waals surface area contributed by atoms with Crippen molar-refractivity contribution in [2.24, 2.45) is 5.92 Å². The Morgan fingerprint density at radius 3 is 2.25 bits per heavy atom. The topological polar surface area (TPSA) is 50.4 Å². The van der Waals surface area contributed by atoms with Gasteiger partial charge in [0.15, 0.2) is 0 Å². The van der Waals surface area contributed by atoms with E-state index in [0.717, 1.165) is 6.42 Å². The third kappa shape index (κ3) is 10.1. The minimum absolute atomic E-state index is 0.305. The number of carbonyl (C=O) groups excluding carboxylic acids is 1. The highest BCUT2D eigenvalue weighted by molar-refractivity contribution is 5.67. The minimum Gasteiger partial charge on any atom is -0.444 e. The van der Waals surface area contributed by atoms with Crippen LogP contribution in [-0.4, -0.2) is 30.3 Å². The number of amides is 1. The fourth-order valence-electron chi connectivity index (χ4n) is 1.78. The van der Waals surface area contributed by atoms with E-state index >= 15 is 0 Å². The van der Waals surface area contributed by atoms with Gasteiger partial charge < -0.3 is 15.4 Å². The average molecular weight is 286 g/mol. The SMILES string of the molecule is CCCCC(CNC(=O)OC(C)(C)C)NC(C)C(C)C. The van der Waals surface area contributed by atoms with Crippen LogP contribution in [0.3, 0.4) is 0 Å². The average Bonchev–Trinajstić information content (AvgIpc) is 2.30. The summed E-state index contributed by atoms with van der Waals surface area (Å²) in [6.45, 7) is 15.0. The van der Waals surface area contributed by atoms with Crippen molar-refractivity contribution in [3.05, 3.63) is 0 Å². The number of hydrogen-bond donors (Lipinski definition) is 2. The number of carbonyl (C=O) groups is 1. The predicted molar refractivity (Wildman–Crippen MR) is 85.0 cm³/mol. The first-order valence-electron chi connectivity index (χ1n) is 7.88. The molecule has 0 rings (SSSR count). The van der Waals surface area contributed by atoms with E-state index in [2.05, 4.69) is 38.3 Å². The fourth-order valence-corrected chi connectivity index (χ4v) is 1.78. The molecule has 0 aromatic rings. The number of ether oxygens (including phenoxy) is 1. The Hall–Kier alpha value is -0.770. The maximum Gasteiger partial charge on any atom is 0.407 e. The van der Waals surface area contributed by atoms with Crippen LogP contribution in [0.2, 0.25) is 0 Å². The fraction of sp³-hybridized carbons (Fsp3) is 0.938. The zero-order valence-corrected chi connectivity index (χ0v) is 14.4. The number of alkyl carbamates (subject to hydrolysis) is 1. The molecule has 2 atom stereocenters. The molecule has 0 saturated carbocycles. The van der Waals surface area contributed by atoms with Gasteiger partial charge >= 0.3 is 6.09 Å². The van der Waals surface area contributed by atoms with E-state index in [1.807, 2.05) is 20.8 Å². The van der Waals surface area contributed by atoms with Crippen LogP contribution in [0.25, 0.3) is 0 Å². The molecule has 4 heteroatoms. The lowest BCUT2D eigenvalue weighted by atomic mass is 10.0. The van der Waals surface area contributed by atoms with Crippen LogP contribution in [0.15, 0.2) is 0 Å². The zero-order chi connectivity index (χ0) is 15.8. The van der Waals surface area contributed by atoms with Gasteiger partial charge in [-0.15, -0.1) is 0 Å². The van der Waals surface area contributed by atoms with Crippen LogP contribution in [0.4, 0.5) is 4.79 Å². The second-order valence-corrected chi connectivity index (χ2v) is 6.92. The molecule has 0 fully saturated rings. The lowest BCUT2D eigenvalue weighted by Gasteiger charge is -2.27. The van der Waals surface area contributed by atoms with E-state index in [0.29, 0.717) is 24.5 Å². The van der Waals surface area contributed by atoms with Gasteiger partial charge in [-0.3, -0.25) is 0 Å². The van der Waals surface area contributed by atoms with Gasteiger partial charge in [0.1, 0.15) is 5.60 Å². The molecule has 0 aliphatic heterocycles. The van der Waals surface area contributed by atoms with Crippen LogP contribution in [0.1, 0.15) is 67.7 Å². The van der Waals surface area contributed by atoms with Crippen LogP contribution < -0.4 is 10.6 Å². The molecule has 0 heterocycles. The molecule has 2 unspecified atom stereocenters. The molecule has 2 N–H and O–H groups in total. The second kappa shape index (κ2) is 9.22. The van der Waals surface area contributed by atoms with Crippen molar-refractivity contribution < 1.29 is 9.53 Å². The van der Waals surface area contributed by atoms with Crippen molar-refractivity contribution in [1.29, 1.82) is 0 Å². The van der Waals surface area contributed by atoms with Crippen LogP contribution >= 0.6 is 0 Å². The number of unbranched alkanes of at least 4 members (excludes halogenated alkanes) is 1. The van der Waals surface area contributed by atoms with Gasteiger partial charge in [0.05, 0.1) is 0 Å². The van der Waals surface area contributed by atoms with E-state index in [-0.39, 0.29) is 6.09 Å². The monoisotopic (exact) mass is 286 g/mol. The van der Waals surface area contributed by atoms with E-state index in [4.69, 9.17) is 4.74 Å². The molecule has 4 nitrogen and oxygen atoms in total. The molecule has 0 aliphatic carbocycles. The van der Waals surface area contributed by atoms with Crippen molar-refractivity contribution in [3.8, 4) is 0 Å². The van der Waals surface area contributed by atoms with Gasteiger partial charge in [0, 0.05) is 18.6 Å². The van der Waals surface area contributed by atoms with Gasteiger partial charge in [-0.25, -0.2) is 4.79 Å². The summed E-state index contributed by atoms with van der Waals surface area (Å²) < 4.78 is 5.27. The van der Waals surface area contributed by atoms with Crippen molar-refractivity contribution in [3.63, 3.8) is 0 Å². The Labute approximate surface area is 125 Å². The van der Waals surface area contributed by atoms with Gasteiger partial charge in [-0.05, 0) is 40.0 Å². The van der Waals surface area contributed by atoms with E-state index in [1.165, 1.54) is 12.8 Å². The molecule has 1 amide bonds. The zero-order valence-electron chi connectivity index (χ0n) is 14.4. The standard InChI is InChI=1S/C16H34N2O2/c1-8-9-10-14(18-13(4)12(2)3)11-17-15(19)20-16(5,6)7/h12-14,18H,8-11H2,1-7H3,(H,17,19). The van der Waals surface area contributed by atoms with Crippen LogP contribution in [0.5, 0.6) is 0 Å². The summed E-state index contributed by atoms with van der Waals surface area (Å²) in [6, 6.07) is 0.747. The molecule has 120 valence electrons. The lowest BCUT2D eigenvalue weighted by molar-refractivity contribution is 0.0520. The Morgan fingerprint density at radius 2 is 1.80 bits per heavy atom. The summed E-state index contributed by atoms with van der Waals surface area (Å²) in [5, 5.41) is 6.47. The van der Waals surface area contributed by atoms with E-state index in [9.17, 15) is 4.79 Å². The van der Waals surface area contributed by atoms with Crippen LogP contribution in [0, 0.1) is 5.92 Å². The summed E-state index contributed by atoms with van der Waals surface area (Å²) in [5.74, 6) is 0.584. The molecule has 0 aromatic carbocycles. The summed E-state index contributed by atoms with van der Waals surface area (Å²) in [5.41, 5.74) is -0.443. The molecule has 0 radical (unpaired) electrons. The van der Waals surface area contributed by atoms with Gasteiger partial charge in [-0.1, -0.05) is 33.6 Å². The molecule has 20 heavy (non-hydrogen) atoms. The van der Waals surface area contributed by atoms with E-state index < -0.39 is 5.60 Å². The first-order valence-corrected chi connectivity index (χ1v) is 7.88. The third-order valence-electron chi connectivity index (χ3n) is 3.30. The van der Waals surface area contributed by atoms with Crippen molar-refractivity contribution in [1.82, 2.24) is 10.6 Å². The predicted octanol–water partition coefficient (Wildman–Crippen LogP) is 3.70. The molecular weight excluding hydrogens is 252 g/mol. The number of hydrogen-bond acceptors (Lipinski definition) is 3. The second-order valence-electron chi connectivity index (χ2n) is 6.92. The third-order valence-corrected chi connectivity index (χ3v) is 3.30. The molecule has 0 aromatic heterocycles. The summed E-state index contributed by atoms with van der Waals surface area (Å²) in [6.07, 6.45) is 3.07. The normalized spacial score (nSPS) is 15.0. The highest BCUT2D eigenvalue weighted by Gasteiger charge is 2.18. The maximum absolute atomic E-state index is 11.7. The van der Waals surface area contributed by atoms with Crippen molar-refractivity contribution in [2.75, 3.05) is 6.54 Å². The summed E-state index contributed by atoms with van der Waals surface area (Å²) in [4.78, 5) is 11.7. The van der Waals surface area contributed by atoms with Gasteiger partial charge in [0.25, 0.3) is 0 Å². The van der Waals surface area contributed by atoms with Crippen molar-refractivity contribution >= 4 is 6.09 Å². The molecule has 0 bridgehead atoms. The van der Waals surface area contributed by atoms with Gasteiger partial charge in [-0.2, -0.15) is 0 Å². The van der Waals surface area contributed by atoms with Crippen molar-refractivity contribution in [2.45, 2.75) is 85.4 Å². The minimum atomic E-state index is -0.443. The number of nitrogens with one attached hydrogen (secondary N) is 2. The first-order chi connectivity index (χ1) is 9.15. The maximum atomic E-state index is 11.7. The Bertz CT molecular complexity index is 272. The van der Waals surface area contributed by atoms with Crippen LogP contribution in [-0.2, 0) is 4.74 Å². The number of rotatable bonds is 8. The first kappa shape index (κ1) is 19.2. The Morgan fingerprint density at radius 1 is 1.20 bits per heavy atom. The highest BCUT2D eigenvalue weighted by atomic mass is 16.6. The lowest BCUT2D eigenvalue weighted by Crippen LogP contribution is -2.47. The molecule has 0 spiro atoms. The Kier molecular flexibility index (Phi) is 8.86. The van der Waals surface area contributed by atoms with E-state index in [1.54, 1.807) is 0 Å². The highest BCUT2D eigenvalue weighted by Crippen LogP contribution is 2.08. The summed E-state index contributed by atoms with van der Waals surface area (Å²) in [7, 11) is 0. The smallest absolute Gasteiger partial charge is 0.407 e. The largest absolute Gasteiger partial charge is 0.444 e. The van der Waals surface area contributed by atoms with Gasteiger partial charge in [0.2, 0.25) is 0 Å². The Balaban J connectivity index is 4.25. The summed E-state index contributed by atoms with van der Waals surface area (Å²) >= 11 is 0. The quantitative estimate of drug-likeness (QED) is 0.715. The molecule has 0 aliphatic rings.